The molecular formula is C21H18N2O2S. The van der Waals surface area contributed by atoms with Gasteiger partial charge in [-0.25, -0.2) is 4.98 Å². The van der Waals surface area contributed by atoms with Crippen LogP contribution in [0.2, 0.25) is 0 Å². The molecule has 0 unspecified atom stereocenters. The predicted octanol–water partition coefficient (Wildman–Crippen LogP) is 4.97. The SMILES string of the molecule is CCCCOC(=S)c1nc(C#N)c2ccc(-c3ccccc3)cc2c1O. The van der Waals surface area contributed by atoms with Gasteiger partial charge >= 0.3 is 0 Å². The smallest absolute Gasteiger partial charge is 0.214 e. The number of nitrogens with zero attached hydrogens (tertiary/aromatic N) is 2. The molecule has 0 saturated heterocycles. The average Bonchev–Trinajstić information content (AvgIpc) is 2.69. The van der Waals surface area contributed by atoms with E-state index in [1.165, 1.54) is 0 Å². The van der Waals surface area contributed by atoms with Gasteiger partial charge in [-0.05, 0) is 35.8 Å². The molecule has 1 aromatic heterocycles. The maximum Gasteiger partial charge on any atom is 0.214 e. The second-order valence-corrected chi connectivity index (χ2v) is 6.26. The molecular weight excluding hydrogens is 344 g/mol. The molecule has 0 aliphatic rings. The van der Waals surface area contributed by atoms with Crippen molar-refractivity contribution in [1.29, 1.82) is 5.26 Å². The van der Waals surface area contributed by atoms with Gasteiger partial charge in [-0.1, -0.05) is 55.8 Å². The first-order chi connectivity index (χ1) is 12.7. The molecule has 26 heavy (non-hydrogen) atoms. The van der Waals surface area contributed by atoms with Crippen molar-refractivity contribution in [2.24, 2.45) is 0 Å². The summed E-state index contributed by atoms with van der Waals surface area (Å²) >= 11 is 5.26. The molecule has 5 heteroatoms. The van der Waals surface area contributed by atoms with Crippen molar-refractivity contribution in [3.05, 3.63) is 59.9 Å². The molecule has 2 aromatic carbocycles. The zero-order valence-corrected chi connectivity index (χ0v) is 15.2. The van der Waals surface area contributed by atoms with E-state index in [1.54, 1.807) is 6.07 Å². The summed E-state index contributed by atoms with van der Waals surface area (Å²) in [6, 6.07) is 17.5. The van der Waals surface area contributed by atoms with E-state index in [2.05, 4.69) is 18.0 Å². The first-order valence-electron chi connectivity index (χ1n) is 8.45. The van der Waals surface area contributed by atoms with Crippen molar-refractivity contribution in [1.82, 2.24) is 4.98 Å². The van der Waals surface area contributed by atoms with Crippen LogP contribution < -0.4 is 0 Å². The Bertz CT molecular complexity index is 994. The Kier molecular flexibility index (Phi) is 5.45. The minimum absolute atomic E-state index is 0.0571. The highest BCUT2D eigenvalue weighted by Gasteiger charge is 2.18. The maximum atomic E-state index is 10.7. The number of thiocarbonyl (C=S) groups is 1. The number of fused-ring (bicyclic) bond motifs is 1. The van der Waals surface area contributed by atoms with Crippen LogP contribution in [0, 0.1) is 11.3 Å². The van der Waals surface area contributed by atoms with Gasteiger partial charge in [0, 0.05) is 10.8 Å². The summed E-state index contributed by atoms with van der Waals surface area (Å²) in [5.41, 5.74) is 2.32. The van der Waals surface area contributed by atoms with Crippen LogP contribution in [-0.4, -0.2) is 21.7 Å². The van der Waals surface area contributed by atoms with Gasteiger partial charge in [0.25, 0.3) is 0 Å². The average molecular weight is 362 g/mol. The minimum Gasteiger partial charge on any atom is -0.505 e. The van der Waals surface area contributed by atoms with E-state index in [1.807, 2.05) is 42.5 Å². The summed E-state index contributed by atoms with van der Waals surface area (Å²) in [5, 5.41) is 21.4. The molecule has 0 fully saturated rings. The number of pyridine rings is 1. The van der Waals surface area contributed by atoms with E-state index in [0.717, 1.165) is 24.0 Å². The third-order valence-corrected chi connectivity index (χ3v) is 4.43. The predicted molar refractivity (Wildman–Crippen MR) is 106 cm³/mol. The van der Waals surface area contributed by atoms with Crippen LogP contribution >= 0.6 is 12.2 Å². The number of aromatic hydroxyl groups is 1. The molecule has 0 bridgehead atoms. The van der Waals surface area contributed by atoms with Gasteiger partial charge in [0.2, 0.25) is 5.05 Å². The van der Waals surface area contributed by atoms with Gasteiger partial charge in [-0.3, -0.25) is 0 Å². The van der Waals surface area contributed by atoms with Gasteiger partial charge in [-0.15, -0.1) is 0 Å². The van der Waals surface area contributed by atoms with Crippen molar-refractivity contribution in [3.63, 3.8) is 0 Å². The number of hydrogen-bond donors (Lipinski definition) is 1. The molecule has 3 aromatic rings. The third kappa shape index (κ3) is 3.51. The topological polar surface area (TPSA) is 66.1 Å². The first-order valence-corrected chi connectivity index (χ1v) is 8.86. The first kappa shape index (κ1) is 17.8. The van der Waals surface area contributed by atoms with Crippen LogP contribution in [0.5, 0.6) is 5.75 Å². The summed E-state index contributed by atoms with van der Waals surface area (Å²) < 4.78 is 5.51. The second-order valence-electron chi connectivity index (χ2n) is 5.89. The maximum absolute atomic E-state index is 10.7. The molecule has 0 aliphatic carbocycles. The summed E-state index contributed by atoms with van der Waals surface area (Å²) in [6.07, 6.45) is 1.83. The van der Waals surface area contributed by atoms with E-state index in [9.17, 15) is 10.4 Å². The van der Waals surface area contributed by atoms with Gasteiger partial charge in [0.1, 0.15) is 11.8 Å². The summed E-state index contributed by atoms with van der Waals surface area (Å²) in [5.74, 6) is -0.0571. The highest BCUT2D eigenvalue weighted by Crippen LogP contribution is 2.33. The van der Waals surface area contributed by atoms with E-state index in [0.29, 0.717) is 17.4 Å². The normalized spacial score (nSPS) is 10.5. The van der Waals surface area contributed by atoms with Crippen molar-refractivity contribution in [2.75, 3.05) is 6.61 Å². The van der Waals surface area contributed by atoms with Gasteiger partial charge in [0.05, 0.1) is 6.61 Å². The van der Waals surface area contributed by atoms with E-state index in [4.69, 9.17) is 17.0 Å². The lowest BCUT2D eigenvalue weighted by molar-refractivity contribution is 0.303. The third-order valence-electron chi connectivity index (χ3n) is 4.12. The van der Waals surface area contributed by atoms with E-state index in [-0.39, 0.29) is 22.2 Å². The Morgan fingerprint density at radius 3 is 2.62 bits per heavy atom. The quantitative estimate of drug-likeness (QED) is 0.513. The molecule has 0 spiro atoms. The van der Waals surface area contributed by atoms with Crippen molar-refractivity contribution >= 4 is 28.0 Å². The molecule has 0 saturated carbocycles. The molecule has 1 heterocycles. The fourth-order valence-electron chi connectivity index (χ4n) is 2.71. The van der Waals surface area contributed by atoms with Crippen LogP contribution in [0.3, 0.4) is 0 Å². The van der Waals surface area contributed by atoms with Crippen LogP contribution in [0.15, 0.2) is 48.5 Å². The number of unbranched alkanes of at least 4 members (excludes halogenated alkanes) is 1. The lowest BCUT2D eigenvalue weighted by Crippen LogP contribution is -2.09. The molecule has 3 rings (SSSR count). The highest BCUT2D eigenvalue weighted by molar-refractivity contribution is 7.80. The minimum atomic E-state index is -0.0571. The Hall–Kier alpha value is -2.97. The van der Waals surface area contributed by atoms with Crippen LogP contribution in [0.4, 0.5) is 0 Å². The number of nitriles is 1. The van der Waals surface area contributed by atoms with Crippen LogP contribution in [0.25, 0.3) is 21.9 Å². The lowest BCUT2D eigenvalue weighted by Gasteiger charge is -2.12. The zero-order chi connectivity index (χ0) is 18.5. The van der Waals surface area contributed by atoms with Gasteiger partial charge < -0.3 is 9.84 Å². The van der Waals surface area contributed by atoms with Crippen molar-refractivity contribution < 1.29 is 9.84 Å². The Morgan fingerprint density at radius 1 is 1.15 bits per heavy atom. The number of ether oxygens (including phenoxy) is 1. The Balaban J connectivity index is 2.12. The fourth-order valence-corrected chi connectivity index (χ4v) is 2.94. The van der Waals surface area contributed by atoms with Crippen molar-refractivity contribution in [3.8, 4) is 22.9 Å². The molecule has 0 radical (unpaired) electrons. The van der Waals surface area contributed by atoms with E-state index < -0.39 is 0 Å². The number of benzene rings is 2. The standard InChI is InChI=1S/C21H18N2O2S/c1-2-3-11-25-21(26)19-20(24)17-12-15(14-7-5-4-6-8-14)9-10-16(17)18(13-22)23-19/h4-10,12,24H,2-3,11H2,1H3. The number of rotatable bonds is 5. The molecule has 0 aliphatic heterocycles. The largest absolute Gasteiger partial charge is 0.505 e. The number of aromatic nitrogens is 1. The second kappa shape index (κ2) is 7.94. The zero-order valence-electron chi connectivity index (χ0n) is 14.4. The molecule has 130 valence electrons. The summed E-state index contributed by atoms with van der Waals surface area (Å²) in [4.78, 5) is 4.22. The van der Waals surface area contributed by atoms with E-state index >= 15 is 0 Å². The number of hydrogen-bond acceptors (Lipinski definition) is 5. The Labute approximate surface area is 157 Å². The monoisotopic (exact) mass is 362 g/mol. The molecule has 1 N–H and O–H groups in total. The lowest BCUT2D eigenvalue weighted by atomic mass is 10.00. The van der Waals surface area contributed by atoms with Gasteiger partial charge in [-0.2, -0.15) is 5.26 Å². The van der Waals surface area contributed by atoms with Crippen LogP contribution in [0.1, 0.15) is 31.2 Å². The summed E-state index contributed by atoms with van der Waals surface area (Å²) in [6.45, 7) is 2.51. The van der Waals surface area contributed by atoms with Crippen molar-refractivity contribution in [2.45, 2.75) is 19.8 Å². The van der Waals surface area contributed by atoms with Gasteiger partial charge in [0.15, 0.2) is 11.4 Å². The molecule has 0 amide bonds. The summed E-state index contributed by atoms with van der Waals surface area (Å²) in [7, 11) is 0. The highest BCUT2D eigenvalue weighted by atomic mass is 32.1. The molecule has 4 nitrogen and oxygen atoms in total. The molecule has 0 atom stereocenters. The fraction of sp³-hybridized carbons (Fsp3) is 0.190. The Morgan fingerprint density at radius 2 is 1.92 bits per heavy atom. The van der Waals surface area contributed by atoms with Crippen LogP contribution in [-0.2, 0) is 4.74 Å².